The topological polar surface area (TPSA) is 38.3 Å². The standard InChI is InChI=1S/C14H18BrNO2S/c1-16-14(13(17)18-2)8-7-10(9-14)19-12-6-4-3-5-11(12)15/h3-6,10,16H,7-9H2,1-2H3. The van der Waals surface area contributed by atoms with E-state index in [1.807, 2.05) is 37.0 Å². The molecule has 3 nitrogen and oxygen atoms in total. The third-order valence-electron chi connectivity index (χ3n) is 3.65. The Morgan fingerprint density at radius 1 is 1.53 bits per heavy atom. The second kappa shape index (κ2) is 6.29. The van der Waals surface area contributed by atoms with E-state index in [9.17, 15) is 4.79 Å². The Kier molecular flexibility index (Phi) is 4.92. The summed E-state index contributed by atoms with van der Waals surface area (Å²) in [7, 11) is 3.29. The second-order valence-corrected chi connectivity index (χ2v) is 6.93. The van der Waals surface area contributed by atoms with Gasteiger partial charge in [0.2, 0.25) is 0 Å². The maximum atomic E-state index is 11.9. The number of methoxy groups -OCH3 is 1. The second-order valence-electron chi connectivity index (χ2n) is 4.74. The molecular weight excluding hydrogens is 326 g/mol. The highest BCUT2D eigenvalue weighted by Gasteiger charge is 2.45. The average molecular weight is 344 g/mol. The zero-order valence-electron chi connectivity index (χ0n) is 11.1. The minimum Gasteiger partial charge on any atom is -0.468 e. The van der Waals surface area contributed by atoms with Crippen LogP contribution in [0.1, 0.15) is 19.3 Å². The van der Waals surface area contributed by atoms with E-state index in [0.29, 0.717) is 5.25 Å². The van der Waals surface area contributed by atoms with E-state index in [1.54, 1.807) is 0 Å². The van der Waals surface area contributed by atoms with Gasteiger partial charge in [0.15, 0.2) is 0 Å². The Balaban J connectivity index is 2.06. The van der Waals surface area contributed by atoms with E-state index < -0.39 is 5.54 Å². The molecule has 1 saturated carbocycles. The lowest BCUT2D eigenvalue weighted by Gasteiger charge is -2.25. The Hall–Kier alpha value is -0.520. The number of carbonyl (C=O) groups excluding carboxylic acids is 1. The van der Waals surface area contributed by atoms with Crippen LogP contribution in [0.25, 0.3) is 0 Å². The first-order valence-electron chi connectivity index (χ1n) is 6.30. The molecule has 2 rings (SSSR count). The van der Waals surface area contributed by atoms with E-state index in [-0.39, 0.29) is 5.97 Å². The first kappa shape index (κ1) is 14.9. The molecule has 1 aliphatic rings. The van der Waals surface area contributed by atoms with Crippen molar-refractivity contribution in [2.24, 2.45) is 0 Å². The minimum absolute atomic E-state index is 0.148. The summed E-state index contributed by atoms with van der Waals surface area (Å²) in [5, 5.41) is 3.59. The van der Waals surface area contributed by atoms with Gasteiger partial charge in [-0.25, -0.2) is 0 Å². The highest BCUT2D eigenvalue weighted by Crippen LogP contribution is 2.42. The number of ether oxygens (including phenoxy) is 1. The molecule has 19 heavy (non-hydrogen) atoms. The molecule has 1 N–H and O–H groups in total. The summed E-state index contributed by atoms with van der Waals surface area (Å²) >= 11 is 5.39. The first-order chi connectivity index (χ1) is 9.11. The molecule has 0 spiro atoms. The molecule has 2 atom stereocenters. The van der Waals surface area contributed by atoms with Crippen LogP contribution in [0.4, 0.5) is 0 Å². The summed E-state index contributed by atoms with van der Waals surface area (Å²) in [4.78, 5) is 13.2. The van der Waals surface area contributed by atoms with Crippen molar-refractivity contribution >= 4 is 33.7 Å². The van der Waals surface area contributed by atoms with Gasteiger partial charge in [-0.2, -0.15) is 0 Å². The van der Waals surface area contributed by atoms with Crippen LogP contribution in [0.2, 0.25) is 0 Å². The Bertz CT molecular complexity index is 469. The molecule has 0 heterocycles. The fourth-order valence-electron chi connectivity index (χ4n) is 2.53. The van der Waals surface area contributed by atoms with Gasteiger partial charge in [-0.15, -0.1) is 11.8 Å². The number of hydrogen-bond donors (Lipinski definition) is 1. The van der Waals surface area contributed by atoms with Crippen molar-refractivity contribution in [3.05, 3.63) is 28.7 Å². The number of benzene rings is 1. The van der Waals surface area contributed by atoms with Crippen LogP contribution in [-0.2, 0) is 9.53 Å². The van der Waals surface area contributed by atoms with Gasteiger partial charge in [0.1, 0.15) is 5.54 Å². The van der Waals surface area contributed by atoms with Gasteiger partial charge in [-0.05, 0) is 54.4 Å². The highest BCUT2D eigenvalue weighted by molar-refractivity contribution is 9.10. The zero-order chi connectivity index (χ0) is 13.9. The van der Waals surface area contributed by atoms with Crippen LogP contribution in [-0.4, -0.2) is 30.9 Å². The van der Waals surface area contributed by atoms with E-state index in [2.05, 4.69) is 27.3 Å². The van der Waals surface area contributed by atoms with Gasteiger partial charge >= 0.3 is 5.97 Å². The smallest absolute Gasteiger partial charge is 0.326 e. The molecule has 5 heteroatoms. The molecule has 0 radical (unpaired) electrons. The number of likely N-dealkylation sites (N-methyl/N-ethyl adjacent to an activating group) is 1. The van der Waals surface area contributed by atoms with Crippen molar-refractivity contribution in [2.45, 2.75) is 34.9 Å². The summed E-state index contributed by atoms with van der Waals surface area (Å²) in [6, 6.07) is 8.19. The molecule has 1 fully saturated rings. The van der Waals surface area contributed by atoms with Gasteiger partial charge in [0, 0.05) is 14.6 Å². The quantitative estimate of drug-likeness (QED) is 0.852. The van der Waals surface area contributed by atoms with Crippen molar-refractivity contribution in [3.63, 3.8) is 0 Å². The SMILES string of the molecule is CNC1(C(=O)OC)CCC(Sc2ccccc2Br)C1. The maximum absolute atomic E-state index is 11.9. The first-order valence-corrected chi connectivity index (χ1v) is 7.97. The Labute approximate surface area is 126 Å². The summed E-state index contributed by atoms with van der Waals surface area (Å²) in [5.41, 5.74) is -0.506. The molecule has 0 aromatic heterocycles. The van der Waals surface area contributed by atoms with E-state index in [1.165, 1.54) is 12.0 Å². The number of carbonyl (C=O) groups is 1. The minimum atomic E-state index is -0.506. The molecule has 2 unspecified atom stereocenters. The molecule has 104 valence electrons. The lowest BCUT2D eigenvalue weighted by Crippen LogP contribution is -2.49. The van der Waals surface area contributed by atoms with Crippen LogP contribution in [0.3, 0.4) is 0 Å². The van der Waals surface area contributed by atoms with Gasteiger partial charge in [0.05, 0.1) is 7.11 Å². The number of esters is 1. The monoisotopic (exact) mass is 343 g/mol. The van der Waals surface area contributed by atoms with E-state index in [0.717, 1.165) is 23.7 Å². The van der Waals surface area contributed by atoms with Gasteiger partial charge in [0.25, 0.3) is 0 Å². The number of rotatable bonds is 4. The average Bonchev–Trinajstić information content (AvgIpc) is 2.85. The van der Waals surface area contributed by atoms with Crippen LogP contribution in [0, 0.1) is 0 Å². The highest BCUT2D eigenvalue weighted by atomic mass is 79.9. The molecular formula is C14H18BrNO2S. The largest absolute Gasteiger partial charge is 0.468 e. The van der Waals surface area contributed by atoms with Crippen molar-refractivity contribution in [1.29, 1.82) is 0 Å². The van der Waals surface area contributed by atoms with Crippen LogP contribution in [0.5, 0.6) is 0 Å². The van der Waals surface area contributed by atoms with Crippen LogP contribution < -0.4 is 5.32 Å². The summed E-state index contributed by atoms with van der Waals surface area (Å²) in [6.07, 6.45) is 2.66. The molecule has 0 bridgehead atoms. The van der Waals surface area contributed by atoms with E-state index in [4.69, 9.17) is 4.74 Å². The maximum Gasteiger partial charge on any atom is 0.326 e. The van der Waals surface area contributed by atoms with Gasteiger partial charge in [-0.3, -0.25) is 4.79 Å². The van der Waals surface area contributed by atoms with E-state index >= 15 is 0 Å². The Morgan fingerprint density at radius 2 is 2.26 bits per heavy atom. The third-order valence-corrected chi connectivity index (χ3v) is 5.95. The van der Waals surface area contributed by atoms with Gasteiger partial charge < -0.3 is 10.1 Å². The lowest BCUT2D eigenvalue weighted by molar-refractivity contribution is -0.148. The summed E-state index contributed by atoms with van der Waals surface area (Å²) in [6.45, 7) is 0. The van der Waals surface area contributed by atoms with Gasteiger partial charge in [-0.1, -0.05) is 12.1 Å². The molecule has 0 saturated heterocycles. The molecule has 0 aliphatic heterocycles. The fraction of sp³-hybridized carbons (Fsp3) is 0.500. The molecule has 0 amide bonds. The number of thioether (sulfide) groups is 1. The van der Waals surface area contributed by atoms with Crippen LogP contribution in [0.15, 0.2) is 33.6 Å². The third kappa shape index (κ3) is 3.15. The lowest BCUT2D eigenvalue weighted by atomic mass is 9.98. The van der Waals surface area contributed by atoms with Crippen molar-refractivity contribution in [3.8, 4) is 0 Å². The summed E-state index contributed by atoms with van der Waals surface area (Å²) in [5.74, 6) is -0.148. The molecule has 1 aliphatic carbocycles. The zero-order valence-corrected chi connectivity index (χ0v) is 13.5. The number of hydrogen-bond acceptors (Lipinski definition) is 4. The van der Waals surface area contributed by atoms with Crippen molar-refractivity contribution < 1.29 is 9.53 Å². The van der Waals surface area contributed by atoms with Crippen molar-refractivity contribution in [1.82, 2.24) is 5.32 Å². The summed E-state index contributed by atoms with van der Waals surface area (Å²) < 4.78 is 6.04. The number of nitrogens with one attached hydrogen (secondary N) is 1. The number of halogens is 1. The predicted molar refractivity (Wildman–Crippen MR) is 81.4 cm³/mol. The fourth-order valence-corrected chi connectivity index (χ4v) is 4.40. The Morgan fingerprint density at radius 3 is 2.89 bits per heavy atom. The molecule has 1 aromatic carbocycles. The normalized spacial score (nSPS) is 26.4. The van der Waals surface area contributed by atoms with Crippen molar-refractivity contribution in [2.75, 3.05) is 14.2 Å². The predicted octanol–water partition coefficient (Wildman–Crippen LogP) is 3.22. The molecule has 1 aromatic rings. The van der Waals surface area contributed by atoms with Crippen LogP contribution >= 0.6 is 27.7 Å².